The molecule has 0 atom stereocenters. The van der Waals surface area contributed by atoms with Crippen molar-refractivity contribution >= 4 is 35.5 Å². The molecule has 0 unspecified atom stereocenters. The Balaban J connectivity index is 0.00000361. The van der Waals surface area contributed by atoms with Crippen LogP contribution in [0, 0.1) is 0 Å². The molecule has 0 aliphatic rings. The minimum absolute atomic E-state index is 0. The van der Waals surface area contributed by atoms with Crippen molar-refractivity contribution in [1.29, 1.82) is 0 Å². The molecule has 0 fully saturated rings. The summed E-state index contributed by atoms with van der Waals surface area (Å²) in [6, 6.07) is 27.1. The molecule has 0 saturated heterocycles. The van der Waals surface area contributed by atoms with E-state index < -0.39 is 11.4 Å². The number of nitrogens with zero attached hydrogens (tertiary/aromatic N) is 2. The summed E-state index contributed by atoms with van der Waals surface area (Å²) < 4.78 is 11.7. The summed E-state index contributed by atoms with van der Waals surface area (Å²) in [5.41, 5.74) is 3.26. The quantitative estimate of drug-likeness (QED) is 0.292. The first-order chi connectivity index (χ1) is 17.0. The first-order valence-electron chi connectivity index (χ1n) is 11.5. The van der Waals surface area contributed by atoms with Gasteiger partial charge in [0.1, 0.15) is 24.7 Å². The van der Waals surface area contributed by atoms with Gasteiger partial charge in [0, 0.05) is 24.2 Å². The Morgan fingerprint density at radius 3 is 1.56 bits per heavy atom. The van der Waals surface area contributed by atoms with E-state index in [4.69, 9.17) is 9.47 Å². The fraction of sp³-hybridized carbons (Fsp3) is 0.207. The Labute approximate surface area is 233 Å². The number of carbonyl (C=O) groups is 1. The summed E-state index contributed by atoms with van der Waals surface area (Å²) >= 11 is 0. The second-order valence-corrected chi connectivity index (χ2v) is 8.49. The number of hydrogen-bond acceptors (Lipinski definition) is 5. The molecule has 4 rings (SSSR count). The van der Waals surface area contributed by atoms with Gasteiger partial charge in [-0.3, -0.25) is 14.8 Å². The van der Waals surface area contributed by atoms with Gasteiger partial charge in [-0.25, -0.2) is 0 Å². The van der Waals surface area contributed by atoms with Crippen molar-refractivity contribution in [2.24, 2.45) is 0 Å². The minimum atomic E-state index is -0.818. The van der Waals surface area contributed by atoms with E-state index in [1.165, 1.54) is 0 Å². The first kappa shape index (κ1) is 27.4. The van der Waals surface area contributed by atoms with Crippen molar-refractivity contribution in [3.8, 4) is 11.5 Å². The molecule has 0 bridgehead atoms. The van der Waals surface area contributed by atoms with Crippen LogP contribution in [0.15, 0.2) is 97.3 Å². The third-order valence-corrected chi connectivity index (χ3v) is 6.05. The maximum absolute atomic E-state index is 11.4. The molecule has 0 aliphatic carbocycles. The summed E-state index contributed by atoms with van der Waals surface area (Å²) in [6.07, 6.45) is 4.01. The summed E-state index contributed by atoms with van der Waals surface area (Å²) in [7, 11) is 0. The van der Waals surface area contributed by atoms with Gasteiger partial charge in [-0.15, -0.1) is 0 Å². The number of carboxylic acids is 1. The summed E-state index contributed by atoms with van der Waals surface area (Å²) in [5.74, 6) is 0.651. The predicted molar refractivity (Wildman–Crippen MR) is 140 cm³/mol. The van der Waals surface area contributed by atoms with Gasteiger partial charge in [-0.05, 0) is 66.1 Å². The van der Waals surface area contributed by atoms with Crippen LogP contribution in [0.2, 0.25) is 0 Å². The Morgan fingerprint density at radius 2 is 1.19 bits per heavy atom. The maximum atomic E-state index is 11.4. The fourth-order valence-corrected chi connectivity index (χ4v) is 3.93. The van der Waals surface area contributed by atoms with E-state index in [0.717, 1.165) is 34.0 Å². The molecular formula is C29H29N2NaO4. The molecular weight excluding hydrogens is 463 g/mol. The molecule has 6 nitrogen and oxygen atoms in total. The van der Waals surface area contributed by atoms with Crippen LogP contribution in [0.5, 0.6) is 11.5 Å². The van der Waals surface area contributed by atoms with Crippen LogP contribution in [0.3, 0.4) is 0 Å². The van der Waals surface area contributed by atoms with Crippen molar-refractivity contribution in [1.82, 2.24) is 9.97 Å². The summed E-state index contributed by atoms with van der Waals surface area (Å²) in [6.45, 7) is 2.84. The van der Waals surface area contributed by atoms with Crippen LogP contribution in [-0.2, 0) is 23.4 Å². The number of aromatic nitrogens is 2. The molecule has 0 radical (unpaired) electrons. The van der Waals surface area contributed by atoms with Crippen LogP contribution in [-0.4, -0.2) is 50.6 Å². The second kappa shape index (κ2) is 13.2. The van der Waals surface area contributed by atoms with Gasteiger partial charge in [0.25, 0.3) is 0 Å². The molecule has 180 valence electrons. The predicted octanol–water partition coefficient (Wildman–Crippen LogP) is 5.16. The number of benzene rings is 2. The molecule has 2 heterocycles. The number of aliphatic carboxylic acids is 1. The van der Waals surface area contributed by atoms with E-state index in [-0.39, 0.29) is 36.0 Å². The van der Waals surface area contributed by atoms with Gasteiger partial charge in [0.05, 0.1) is 11.4 Å². The molecule has 0 aliphatic heterocycles. The SMILES string of the molecule is CC(CCC(=O)O)(c1ccc(OCc2ccccn2)cc1)c1ccc(OCc2ccccn2)cc1.[NaH]. The van der Waals surface area contributed by atoms with Crippen LogP contribution in [0.1, 0.15) is 42.3 Å². The zero-order valence-electron chi connectivity index (χ0n) is 19.6. The van der Waals surface area contributed by atoms with Crippen molar-refractivity contribution in [2.75, 3.05) is 0 Å². The Bertz CT molecular complexity index is 1130. The standard InChI is InChI=1S/C29H28N2O4.Na.H/c1-29(17-16-28(32)33,22-8-12-26(13-9-22)34-20-24-6-2-4-18-30-24)23-10-14-27(15-11-23)35-21-25-7-3-5-19-31-25;;/h2-15,18-19H,16-17,20-21H2,1H3,(H,32,33);;. The third-order valence-electron chi connectivity index (χ3n) is 6.05. The molecule has 0 spiro atoms. The Kier molecular flexibility index (Phi) is 10.1. The zero-order chi connectivity index (χ0) is 24.5. The van der Waals surface area contributed by atoms with E-state index in [1.807, 2.05) is 84.9 Å². The number of hydrogen-bond donors (Lipinski definition) is 1. The van der Waals surface area contributed by atoms with Crippen LogP contribution in [0.25, 0.3) is 0 Å². The fourth-order valence-electron chi connectivity index (χ4n) is 3.93. The van der Waals surface area contributed by atoms with E-state index in [0.29, 0.717) is 19.6 Å². The molecule has 36 heavy (non-hydrogen) atoms. The molecule has 7 heteroatoms. The van der Waals surface area contributed by atoms with Gasteiger partial charge in [-0.1, -0.05) is 43.3 Å². The molecule has 4 aromatic rings. The summed E-state index contributed by atoms with van der Waals surface area (Å²) in [4.78, 5) is 20.0. The van der Waals surface area contributed by atoms with Crippen LogP contribution < -0.4 is 9.47 Å². The van der Waals surface area contributed by atoms with Gasteiger partial charge >= 0.3 is 35.5 Å². The zero-order valence-corrected chi connectivity index (χ0v) is 19.6. The molecule has 1 N–H and O–H groups in total. The monoisotopic (exact) mass is 492 g/mol. The normalized spacial score (nSPS) is 10.8. The van der Waals surface area contributed by atoms with Crippen LogP contribution in [0.4, 0.5) is 0 Å². The van der Waals surface area contributed by atoms with E-state index in [9.17, 15) is 9.90 Å². The van der Waals surface area contributed by atoms with Crippen LogP contribution >= 0.6 is 0 Å². The number of carboxylic acid groups (broad SMARTS) is 1. The molecule has 0 amide bonds. The Morgan fingerprint density at radius 1 is 0.750 bits per heavy atom. The van der Waals surface area contributed by atoms with Crippen molar-refractivity contribution < 1.29 is 19.4 Å². The Hall–Kier alpha value is -3.19. The van der Waals surface area contributed by atoms with Crippen molar-refractivity contribution in [2.45, 2.75) is 38.4 Å². The van der Waals surface area contributed by atoms with Gasteiger partial charge in [0.15, 0.2) is 0 Å². The molecule has 0 saturated carbocycles. The molecule has 2 aromatic carbocycles. The average molecular weight is 493 g/mol. The molecule has 2 aromatic heterocycles. The number of pyridine rings is 2. The van der Waals surface area contributed by atoms with Gasteiger partial charge in [-0.2, -0.15) is 0 Å². The first-order valence-corrected chi connectivity index (χ1v) is 11.5. The summed E-state index contributed by atoms with van der Waals surface area (Å²) in [5, 5.41) is 9.36. The van der Waals surface area contributed by atoms with Crippen molar-refractivity contribution in [3.63, 3.8) is 0 Å². The van der Waals surface area contributed by atoms with Gasteiger partial charge in [0.2, 0.25) is 0 Å². The van der Waals surface area contributed by atoms with Gasteiger partial charge < -0.3 is 14.6 Å². The third kappa shape index (κ3) is 7.40. The van der Waals surface area contributed by atoms with E-state index in [1.54, 1.807) is 12.4 Å². The second-order valence-electron chi connectivity index (χ2n) is 8.49. The topological polar surface area (TPSA) is 81.5 Å². The van der Waals surface area contributed by atoms with E-state index >= 15 is 0 Å². The van der Waals surface area contributed by atoms with E-state index in [2.05, 4.69) is 16.9 Å². The number of ether oxygens (including phenoxy) is 2. The number of rotatable bonds is 11. The van der Waals surface area contributed by atoms with Crippen molar-refractivity contribution in [3.05, 3.63) is 120 Å². The average Bonchev–Trinajstić information content (AvgIpc) is 2.91.